The summed E-state index contributed by atoms with van der Waals surface area (Å²) in [5, 5.41) is 3.94. The fourth-order valence-corrected chi connectivity index (χ4v) is 1.49. The summed E-state index contributed by atoms with van der Waals surface area (Å²) in [7, 11) is 3.13. The highest BCUT2D eigenvalue weighted by atomic mass is 16.5. The zero-order valence-corrected chi connectivity index (χ0v) is 10.7. The van der Waals surface area contributed by atoms with Crippen molar-refractivity contribution in [2.24, 2.45) is 10.8 Å². The maximum Gasteiger partial charge on any atom is 0.332 e. The number of rotatable bonds is 5. The first-order valence-corrected chi connectivity index (χ1v) is 5.46. The molecule has 0 unspecified atom stereocenters. The van der Waals surface area contributed by atoms with Crippen molar-refractivity contribution >= 4 is 11.7 Å². The normalized spacial score (nSPS) is 10.9. The number of urea groups is 1. The second kappa shape index (κ2) is 6.48. The average Bonchev–Trinajstić information content (AvgIpc) is 2.38. The van der Waals surface area contributed by atoms with E-state index in [9.17, 15) is 4.79 Å². The van der Waals surface area contributed by atoms with E-state index in [1.165, 1.54) is 0 Å². The molecule has 0 atom stereocenters. The number of benzene rings is 1. The molecule has 0 aliphatic carbocycles. The smallest absolute Gasteiger partial charge is 0.332 e. The molecule has 0 saturated heterocycles. The molecule has 0 aromatic heterocycles. The molecule has 0 aliphatic rings. The lowest BCUT2D eigenvalue weighted by Gasteiger charge is -2.10. The highest BCUT2D eigenvalue weighted by Gasteiger charge is 2.08. The Morgan fingerprint density at radius 1 is 1.33 bits per heavy atom. The van der Waals surface area contributed by atoms with E-state index in [-0.39, 0.29) is 0 Å². The summed E-state index contributed by atoms with van der Waals surface area (Å²) in [6.07, 6.45) is 0.649. The lowest BCUT2D eigenvalue weighted by atomic mass is 10.1. The van der Waals surface area contributed by atoms with Gasteiger partial charge in [0, 0.05) is 5.56 Å². The molecule has 0 fully saturated rings. The van der Waals surface area contributed by atoms with Crippen molar-refractivity contribution in [1.29, 1.82) is 0 Å². The van der Waals surface area contributed by atoms with E-state index in [2.05, 4.69) is 10.5 Å². The number of ether oxygens (including phenoxy) is 2. The van der Waals surface area contributed by atoms with Gasteiger partial charge in [0.1, 0.15) is 0 Å². The Labute approximate surface area is 106 Å². The Bertz CT molecular complexity index is 458. The van der Waals surface area contributed by atoms with Crippen LogP contribution in [0.3, 0.4) is 0 Å². The Morgan fingerprint density at radius 3 is 2.50 bits per heavy atom. The van der Waals surface area contributed by atoms with Crippen molar-refractivity contribution in [2.75, 3.05) is 14.2 Å². The average molecular weight is 251 g/mol. The van der Waals surface area contributed by atoms with E-state index in [0.717, 1.165) is 5.56 Å². The molecule has 2 amide bonds. The third-order valence-corrected chi connectivity index (χ3v) is 2.35. The Kier molecular flexibility index (Phi) is 4.98. The molecule has 0 aliphatic heterocycles. The second-order valence-electron chi connectivity index (χ2n) is 3.46. The van der Waals surface area contributed by atoms with Gasteiger partial charge in [0.25, 0.3) is 0 Å². The van der Waals surface area contributed by atoms with Gasteiger partial charge < -0.3 is 15.2 Å². The second-order valence-corrected chi connectivity index (χ2v) is 3.46. The number of amides is 2. The first kappa shape index (κ1) is 13.8. The Balaban J connectivity index is 3.07. The third kappa shape index (κ3) is 3.38. The topological polar surface area (TPSA) is 85.9 Å². The highest BCUT2D eigenvalue weighted by molar-refractivity contribution is 6.01. The fraction of sp³-hybridized carbons (Fsp3) is 0.333. The summed E-state index contributed by atoms with van der Waals surface area (Å²) in [6.45, 7) is 1.93. The van der Waals surface area contributed by atoms with Gasteiger partial charge in [-0.2, -0.15) is 5.10 Å². The summed E-state index contributed by atoms with van der Waals surface area (Å²) in [5.74, 6) is 1.25. The Morgan fingerprint density at radius 2 is 2.00 bits per heavy atom. The number of carbonyl (C=O) groups excluding carboxylic acids is 1. The molecule has 1 aromatic rings. The molecule has 0 saturated carbocycles. The number of carbonyl (C=O) groups is 1. The minimum atomic E-state index is -0.693. The molecule has 0 heterocycles. The van der Waals surface area contributed by atoms with Gasteiger partial charge in [-0.15, -0.1) is 0 Å². The van der Waals surface area contributed by atoms with E-state index in [0.29, 0.717) is 23.6 Å². The standard InChI is InChI=1S/C12H17N3O3/c1-4-9(14-15-12(13)16)8-5-6-10(17-2)11(7-8)18-3/h5-7H,4H2,1-3H3,(H3,13,15,16)/b14-9+. The van der Waals surface area contributed by atoms with Crippen molar-refractivity contribution in [3.8, 4) is 11.5 Å². The molecular weight excluding hydrogens is 234 g/mol. The quantitative estimate of drug-likeness (QED) is 0.614. The summed E-state index contributed by atoms with van der Waals surface area (Å²) in [5.41, 5.74) is 8.73. The van der Waals surface area contributed by atoms with Gasteiger partial charge in [0.15, 0.2) is 11.5 Å². The Hall–Kier alpha value is -2.24. The highest BCUT2D eigenvalue weighted by Crippen LogP contribution is 2.28. The van der Waals surface area contributed by atoms with E-state index in [1.807, 2.05) is 13.0 Å². The first-order valence-electron chi connectivity index (χ1n) is 5.46. The van der Waals surface area contributed by atoms with Crippen LogP contribution in [0.2, 0.25) is 0 Å². The van der Waals surface area contributed by atoms with Crippen molar-refractivity contribution < 1.29 is 14.3 Å². The van der Waals surface area contributed by atoms with Gasteiger partial charge in [0.05, 0.1) is 19.9 Å². The molecule has 0 spiro atoms. The predicted octanol–water partition coefficient (Wildman–Crippen LogP) is 1.49. The lowest BCUT2D eigenvalue weighted by molar-refractivity contribution is 0.249. The first-order chi connectivity index (χ1) is 8.62. The van der Waals surface area contributed by atoms with E-state index >= 15 is 0 Å². The van der Waals surface area contributed by atoms with Crippen molar-refractivity contribution in [2.45, 2.75) is 13.3 Å². The van der Waals surface area contributed by atoms with E-state index in [4.69, 9.17) is 15.2 Å². The molecule has 1 rings (SSSR count). The predicted molar refractivity (Wildman–Crippen MR) is 69.1 cm³/mol. The zero-order chi connectivity index (χ0) is 13.5. The van der Waals surface area contributed by atoms with Crippen LogP contribution in [-0.2, 0) is 0 Å². The SMILES string of the molecule is CC/C(=N\NC(N)=O)c1ccc(OC)c(OC)c1. The van der Waals surface area contributed by atoms with Crippen LogP contribution in [0, 0.1) is 0 Å². The number of nitrogens with zero attached hydrogens (tertiary/aromatic N) is 1. The van der Waals surface area contributed by atoms with Crippen molar-refractivity contribution in [3.05, 3.63) is 23.8 Å². The molecule has 0 bridgehead atoms. The van der Waals surface area contributed by atoms with Gasteiger partial charge in [-0.3, -0.25) is 0 Å². The summed E-state index contributed by atoms with van der Waals surface area (Å²) in [4.78, 5) is 10.6. The van der Waals surface area contributed by atoms with Gasteiger partial charge in [-0.25, -0.2) is 10.2 Å². The van der Waals surface area contributed by atoms with Crippen molar-refractivity contribution in [1.82, 2.24) is 5.43 Å². The van der Waals surface area contributed by atoms with Gasteiger partial charge in [-0.05, 0) is 24.6 Å². The molecule has 0 radical (unpaired) electrons. The maximum atomic E-state index is 10.6. The largest absolute Gasteiger partial charge is 0.493 e. The fourth-order valence-electron chi connectivity index (χ4n) is 1.49. The molecule has 98 valence electrons. The van der Waals surface area contributed by atoms with Crippen LogP contribution in [-0.4, -0.2) is 26.0 Å². The van der Waals surface area contributed by atoms with Gasteiger partial charge in [0.2, 0.25) is 0 Å². The number of primary amides is 1. The van der Waals surface area contributed by atoms with Crippen LogP contribution in [0.5, 0.6) is 11.5 Å². The molecule has 1 aromatic carbocycles. The number of nitrogens with one attached hydrogen (secondary N) is 1. The molecule has 6 heteroatoms. The summed E-state index contributed by atoms with van der Waals surface area (Å²) < 4.78 is 10.4. The summed E-state index contributed by atoms with van der Waals surface area (Å²) in [6, 6.07) is 4.72. The number of hydrogen-bond acceptors (Lipinski definition) is 4. The number of hydrogen-bond donors (Lipinski definition) is 2. The van der Waals surface area contributed by atoms with Crippen LogP contribution in [0.4, 0.5) is 4.79 Å². The molecule has 18 heavy (non-hydrogen) atoms. The van der Waals surface area contributed by atoms with Crippen LogP contribution >= 0.6 is 0 Å². The van der Waals surface area contributed by atoms with Crippen molar-refractivity contribution in [3.63, 3.8) is 0 Å². The van der Waals surface area contributed by atoms with E-state index < -0.39 is 6.03 Å². The lowest BCUT2D eigenvalue weighted by Crippen LogP contribution is -2.25. The van der Waals surface area contributed by atoms with Crippen LogP contribution in [0.1, 0.15) is 18.9 Å². The van der Waals surface area contributed by atoms with E-state index in [1.54, 1.807) is 26.4 Å². The summed E-state index contributed by atoms with van der Waals surface area (Å²) >= 11 is 0. The monoisotopic (exact) mass is 251 g/mol. The molecule has 3 N–H and O–H groups in total. The van der Waals surface area contributed by atoms with Gasteiger partial charge >= 0.3 is 6.03 Å². The minimum absolute atomic E-state index is 0.607. The minimum Gasteiger partial charge on any atom is -0.493 e. The maximum absolute atomic E-state index is 10.6. The van der Waals surface area contributed by atoms with Crippen LogP contribution in [0.15, 0.2) is 23.3 Å². The van der Waals surface area contributed by atoms with Crippen LogP contribution < -0.4 is 20.6 Å². The van der Waals surface area contributed by atoms with Gasteiger partial charge in [-0.1, -0.05) is 6.92 Å². The number of methoxy groups -OCH3 is 2. The molecule has 6 nitrogen and oxygen atoms in total. The zero-order valence-electron chi connectivity index (χ0n) is 10.7. The number of nitrogens with two attached hydrogens (primary N) is 1. The number of hydrazone groups is 1. The molecular formula is C12H17N3O3. The third-order valence-electron chi connectivity index (χ3n) is 2.35. The van der Waals surface area contributed by atoms with Crippen LogP contribution in [0.25, 0.3) is 0 Å².